The Morgan fingerprint density at radius 1 is 1.48 bits per heavy atom. The molecule has 21 heavy (non-hydrogen) atoms. The summed E-state index contributed by atoms with van der Waals surface area (Å²) in [5.41, 5.74) is 0.983. The Morgan fingerprint density at radius 2 is 2.24 bits per heavy atom. The normalized spacial score (nSPS) is 11.0. The van der Waals surface area contributed by atoms with Gasteiger partial charge >= 0.3 is 0 Å². The number of H-pyrrole nitrogens is 1. The molecule has 0 aliphatic carbocycles. The maximum Gasteiger partial charge on any atom is 0.225 e. The van der Waals surface area contributed by atoms with E-state index in [1.165, 1.54) is 11.3 Å². The molecule has 0 fully saturated rings. The third kappa shape index (κ3) is 5.01. The summed E-state index contributed by atoms with van der Waals surface area (Å²) in [7, 11) is 0. The van der Waals surface area contributed by atoms with E-state index in [4.69, 9.17) is 12.2 Å². The molecule has 2 aromatic rings. The van der Waals surface area contributed by atoms with Crippen molar-refractivity contribution < 1.29 is 4.79 Å². The Kier molecular flexibility index (Phi) is 5.66. The Balaban J connectivity index is 1.85. The van der Waals surface area contributed by atoms with E-state index < -0.39 is 0 Å². The van der Waals surface area contributed by atoms with Gasteiger partial charge in [0.1, 0.15) is 0 Å². The number of thiazole rings is 2. The number of aromatic nitrogens is 2. The van der Waals surface area contributed by atoms with Gasteiger partial charge < -0.3 is 10.3 Å². The Labute approximate surface area is 137 Å². The van der Waals surface area contributed by atoms with Gasteiger partial charge in [-0.3, -0.25) is 4.79 Å². The number of carbonyl (C=O) groups is 1. The third-order valence-electron chi connectivity index (χ3n) is 2.89. The van der Waals surface area contributed by atoms with Gasteiger partial charge in [0.05, 0.1) is 18.0 Å². The van der Waals surface area contributed by atoms with Gasteiger partial charge in [0, 0.05) is 28.1 Å². The van der Waals surface area contributed by atoms with Crippen LogP contribution in [0.5, 0.6) is 0 Å². The van der Waals surface area contributed by atoms with Crippen molar-refractivity contribution >= 4 is 40.8 Å². The van der Waals surface area contributed by atoms with E-state index in [2.05, 4.69) is 29.1 Å². The van der Waals surface area contributed by atoms with Crippen LogP contribution in [0.25, 0.3) is 0 Å². The zero-order chi connectivity index (χ0) is 15.4. The summed E-state index contributed by atoms with van der Waals surface area (Å²) < 4.78 is 0.719. The van der Waals surface area contributed by atoms with E-state index in [9.17, 15) is 4.79 Å². The van der Waals surface area contributed by atoms with Crippen LogP contribution < -0.4 is 5.32 Å². The van der Waals surface area contributed by atoms with Crippen molar-refractivity contribution in [3.63, 3.8) is 0 Å². The van der Waals surface area contributed by atoms with Crippen LogP contribution in [0.3, 0.4) is 0 Å². The number of nitrogens with zero attached hydrogens (tertiary/aromatic N) is 1. The molecule has 4 nitrogen and oxygen atoms in total. The Morgan fingerprint density at radius 3 is 2.86 bits per heavy atom. The Hall–Kier alpha value is -1.05. The fourth-order valence-corrected chi connectivity index (χ4v) is 4.24. The highest BCUT2D eigenvalue weighted by molar-refractivity contribution is 7.73. The molecular weight excluding hydrogens is 322 g/mol. The van der Waals surface area contributed by atoms with Crippen molar-refractivity contribution in [1.82, 2.24) is 15.3 Å². The fourth-order valence-electron chi connectivity index (χ4n) is 1.87. The lowest BCUT2D eigenvalue weighted by atomic mass is 10.1. The smallest absolute Gasteiger partial charge is 0.225 e. The van der Waals surface area contributed by atoms with Gasteiger partial charge in [-0.15, -0.1) is 22.7 Å². The van der Waals surface area contributed by atoms with Crippen LogP contribution in [0, 0.1) is 16.8 Å². The van der Waals surface area contributed by atoms with Crippen molar-refractivity contribution in [2.45, 2.75) is 40.2 Å². The number of nitrogens with one attached hydrogen (secondary N) is 2. The molecule has 2 aromatic heterocycles. The molecule has 0 aromatic carbocycles. The molecule has 0 spiro atoms. The summed E-state index contributed by atoms with van der Waals surface area (Å²) in [6.07, 6.45) is 3.22. The third-order valence-corrected chi connectivity index (χ3v) is 5.25. The molecule has 0 unspecified atom stereocenters. The summed E-state index contributed by atoms with van der Waals surface area (Å²) >= 11 is 8.21. The molecule has 2 heterocycles. The van der Waals surface area contributed by atoms with E-state index in [0.29, 0.717) is 18.9 Å². The molecule has 2 N–H and O–H groups in total. The lowest BCUT2D eigenvalue weighted by molar-refractivity contribution is -0.120. The topological polar surface area (TPSA) is 57.8 Å². The molecule has 0 saturated heterocycles. The van der Waals surface area contributed by atoms with E-state index in [1.54, 1.807) is 11.3 Å². The number of aryl methyl sites for hydroxylation is 1. The molecule has 0 radical (unpaired) electrons. The van der Waals surface area contributed by atoms with Crippen molar-refractivity contribution in [2.75, 3.05) is 0 Å². The van der Waals surface area contributed by atoms with E-state index in [0.717, 1.165) is 30.8 Å². The summed E-state index contributed by atoms with van der Waals surface area (Å²) in [4.78, 5) is 21.5. The van der Waals surface area contributed by atoms with Gasteiger partial charge in [-0.2, -0.15) is 0 Å². The Bertz CT molecular complexity index is 669. The zero-order valence-corrected chi connectivity index (χ0v) is 14.8. The van der Waals surface area contributed by atoms with Gasteiger partial charge in [0.2, 0.25) is 5.91 Å². The van der Waals surface area contributed by atoms with Gasteiger partial charge in [0.25, 0.3) is 0 Å². The molecule has 0 aliphatic heterocycles. The first-order valence-electron chi connectivity index (χ1n) is 6.83. The minimum absolute atomic E-state index is 0.0159. The molecular formula is C14H19N3OS3. The summed E-state index contributed by atoms with van der Waals surface area (Å²) in [6, 6.07) is 0. The minimum atomic E-state index is 0.0159. The quantitative estimate of drug-likeness (QED) is 0.789. The molecule has 7 heteroatoms. The predicted molar refractivity (Wildman–Crippen MR) is 90.4 cm³/mol. The standard InChI is InChI=1S/C14H19N3OS3/c1-8(2)4-13-16-7-10(20-13)6-15-12(18)5-11-9(3)17-14(19)21-11/h7-8H,4-6H2,1-3H3,(H,15,18)(H,17,19). The number of hydrogen-bond donors (Lipinski definition) is 2. The molecule has 0 saturated carbocycles. The first kappa shape index (κ1) is 16.3. The summed E-state index contributed by atoms with van der Waals surface area (Å²) in [5.74, 6) is 0.617. The number of carbonyl (C=O) groups excluding carboxylic acids is 1. The number of amides is 1. The second-order valence-electron chi connectivity index (χ2n) is 5.33. The highest BCUT2D eigenvalue weighted by Crippen LogP contribution is 2.17. The summed E-state index contributed by atoms with van der Waals surface area (Å²) in [6.45, 7) is 6.84. The van der Waals surface area contributed by atoms with Crippen molar-refractivity contribution in [1.29, 1.82) is 0 Å². The van der Waals surface area contributed by atoms with E-state index >= 15 is 0 Å². The van der Waals surface area contributed by atoms with Crippen molar-refractivity contribution in [3.8, 4) is 0 Å². The van der Waals surface area contributed by atoms with Crippen LogP contribution in [0.4, 0.5) is 0 Å². The van der Waals surface area contributed by atoms with Crippen LogP contribution in [0.2, 0.25) is 0 Å². The first-order chi connectivity index (χ1) is 9.94. The van der Waals surface area contributed by atoms with Crippen LogP contribution in [-0.4, -0.2) is 15.9 Å². The largest absolute Gasteiger partial charge is 0.351 e. The predicted octanol–water partition coefficient (Wildman–Crippen LogP) is 3.63. The van der Waals surface area contributed by atoms with Crippen LogP contribution >= 0.6 is 34.9 Å². The number of hydrogen-bond acceptors (Lipinski definition) is 5. The second kappa shape index (κ2) is 7.29. The second-order valence-corrected chi connectivity index (χ2v) is 8.31. The number of aromatic amines is 1. The molecule has 1 amide bonds. The monoisotopic (exact) mass is 341 g/mol. The molecule has 114 valence electrons. The number of rotatable bonds is 6. The maximum atomic E-state index is 12.0. The highest BCUT2D eigenvalue weighted by atomic mass is 32.1. The average Bonchev–Trinajstić information content (AvgIpc) is 2.93. The van der Waals surface area contributed by atoms with E-state index in [-0.39, 0.29) is 5.91 Å². The van der Waals surface area contributed by atoms with Crippen molar-refractivity contribution in [3.05, 3.63) is 30.6 Å². The van der Waals surface area contributed by atoms with Gasteiger partial charge in [-0.05, 0) is 25.1 Å². The fraction of sp³-hybridized carbons (Fsp3) is 0.500. The molecule has 0 aliphatic rings. The van der Waals surface area contributed by atoms with Crippen LogP contribution in [0.15, 0.2) is 6.20 Å². The van der Waals surface area contributed by atoms with Crippen LogP contribution in [-0.2, 0) is 24.2 Å². The molecule has 0 atom stereocenters. The van der Waals surface area contributed by atoms with Crippen LogP contribution in [0.1, 0.15) is 34.3 Å². The average molecular weight is 342 g/mol. The van der Waals surface area contributed by atoms with Gasteiger partial charge in [-0.25, -0.2) is 4.98 Å². The lowest BCUT2D eigenvalue weighted by Crippen LogP contribution is -2.24. The zero-order valence-electron chi connectivity index (χ0n) is 12.4. The minimum Gasteiger partial charge on any atom is -0.351 e. The molecule has 0 bridgehead atoms. The highest BCUT2D eigenvalue weighted by Gasteiger charge is 2.10. The van der Waals surface area contributed by atoms with Crippen molar-refractivity contribution in [2.24, 2.45) is 5.92 Å². The first-order valence-corrected chi connectivity index (χ1v) is 8.87. The molecule has 2 rings (SSSR count). The maximum absolute atomic E-state index is 12.0. The van der Waals surface area contributed by atoms with E-state index in [1.807, 2.05) is 13.1 Å². The van der Waals surface area contributed by atoms with Gasteiger partial charge in [-0.1, -0.05) is 13.8 Å². The SMILES string of the molecule is Cc1[nH]c(=S)sc1CC(=O)NCc1cnc(CC(C)C)s1. The van der Waals surface area contributed by atoms with Gasteiger partial charge in [0.15, 0.2) is 3.95 Å². The summed E-state index contributed by atoms with van der Waals surface area (Å²) in [5, 5.41) is 4.07. The lowest BCUT2D eigenvalue weighted by Gasteiger charge is -2.02.